The molecule has 0 saturated heterocycles. The number of rotatable bonds is 5. The van der Waals surface area contributed by atoms with Crippen molar-refractivity contribution >= 4 is 5.91 Å². The Morgan fingerprint density at radius 2 is 2.13 bits per heavy atom. The molecule has 0 unspecified atom stereocenters. The smallest absolute Gasteiger partial charge is 0.260 e. The molecular formula is C23H23FN4O3. The summed E-state index contributed by atoms with van der Waals surface area (Å²) in [5.41, 5.74) is 3.02. The Morgan fingerprint density at radius 3 is 2.84 bits per heavy atom. The number of halogens is 1. The lowest BCUT2D eigenvalue weighted by molar-refractivity contribution is 0.0553. The van der Waals surface area contributed by atoms with Crippen molar-refractivity contribution < 1.29 is 19.0 Å². The number of aromatic nitrogens is 3. The highest BCUT2D eigenvalue weighted by Gasteiger charge is 2.35. The SMILES string of the molecule is Cn1ccc(-c2ccc(CN3Cc4ccnc(O[C@@H]5CCC[C@H]5O)c4C3=O)c(F)c2)n1. The maximum absolute atomic E-state index is 14.8. The topological polar surface area (TPSA) is 80.5 Å². The van der Waals surface area contributed by atoms with E-state index in [1.807, 2.05) is 19.2 Å². The van der Waals surface area contributed by atoms with Crippen molar-refractivity contribution in [1.82, 2.24) is 19.7 Å². The maximum Gasteiger partial charge on any atom is 0.260 e. The summed E-state index contributed by atoms with van der Waals surface area (Å²) in [4.78, 5) is 18.9. The minimum Gasteiger partial charge on any atom is -0.471 e. The summed E-state index contributed by atoms with van der Waals surface area (Å²) >= 11 is 0. The first kappa shape index (κ1) is 19.7. The number of nitrogens with zero attached hydrogens (tertiary/aromatic N) is 4. The number of aliphatic hydroxyl groups is 1. The van der Waals surface area contributed by atoms with Crippen molar-refractivity contribution in [3.05, 3.63) is 65.2 Å². The first-order chi connectivity index (χ1) is 15.0. The molecule has 2 aromatic heterocycles. The Morgan fingerprint density at radius 1 is 1.26 bits per heavy atom. The molecule has 5 rings (SSSR count). The molecule has 7 nitrogen and oxygen atoms in total. The molecule has 1 fully saturated rings. The van der Waals surface area contributed by atoms with Crippen molar-refractivity contribution in [2.24, 2.45) is 7.05 Å². The molecule has 1 aliphatic heterocycles. The number of pyridine rings is 1. The molecule has 0 spiro atoms. The van der Waals surface area contributed by atoms with Crippen molar-refractivity contribution in [3.63, 3.8) is 0 Å². The van der Waals surface area contributed by atoms with Crippen LogP contribution >= 0.6 is 0 Å². The summed E-state index contributed by atoms with van der Waals surface area (Å²) in [6.45, 7) is 0.509. The number of benzene rings is 1. The maximum atomic E-state index is 14.8. The van der Waals surface area contributed by atoms with Gasteiger partial charge in [0.2, 0.25) is 5.88 Å². The number of amides is 1. The molecule has 1 N–H and O–H groups in total. The normalized spacial score (nSPS) is 20.4. The van der Waals surface area contributed by atoms with Crippen LogP contribution < -0.4 is 4.74 Å². The number of aryl methyl sites for hydroxylation is 1. The largest absolute Gasteiger partial charge is 0.471 e. The molecule has 3 aromatic rings. The number of hydrogen-bond acceptors (Lipinski definition) is 5. The van der Waals surface area contributed by atoms with Crippen molar-refractivity contribution in [3.8, 4) is 17.1 Å². The summed E-state index contributed by atoms with van der Waals surface area (Å²) in [5.74, 6) is -0.365. The molecular weight excluding hydrogens is 399 g/mol. The molecule has 0 radical (unpaired) electrons. The van der Waals surface area contributed by atoms with Gasteiger partial charge in [0.25, 0.3) is 5.91 Å². The number of ether oxygens (including phenoxy) is 1. The minimum atomic E-state index is -0.544. The van der Waals surface area contributed by atoms with Crippen molar-refractivity contribution in [2.45, 2.75) is 44.6 Å². The predicted molar refractivity (Wildman–Crippen MR) is 111 cm³/mol. The van der Waals surface area contributed by atoms with Crippen LogP contribution in [0.3, 0.4) is 0 Å². The van der Waals surface area contributed by atoms with Gasteiger partial charge in [-0.05, 0) is 43.0 Å². The number of fused-ring (bicyclic) bond motifs is 1. The number of aliphatic hydroxyl groups excluding tert-OH is 1. The number of carbonyl (C=O) groups is 1. The Balaban J connectivity index is 1.35. The first-order valence-corrected chi connectivity index (χ1v) is 10.4. The molecule has 1 aliphatic carbocycles. The van der Waals surface area contributed by atoms with Crippen LogP contribution in [0.1, 0.15) is 40.7 Å². The van der Waals surface area contributed by atoms with Gasteiger partial charge >= 0.3 is 0 Å². The van der Waals surface area contributed by atoms with Gasteiger partial charge in [-0.1, -0.05) is 12.1 Å². The van der Waals surface area contributed by atoms with E-state index in [9.17, 15) is 14.3 Å². The zero-order valence-electron chi connectivity index (χ0n) is 17.2. The monoisotopic (exact) mass is 422 g/mol. The van der Waals surface area contributed by atoms with Crippen molar-refractivity contribution in [2.75, 3.05) is 0 Å². The first-order valence-electron chi connectivity index (χ1n) is 10.4. The van der Waals surface area contributed by atoms with Crippen LogP contribution in [0.2, 0.25) is 0 Å². The van der Waals surface area contributed by atoms with Gasteiger partial charge in [-0.2, -0.15) is 5.10 Å². The van der Waals surface area contributed by atoms with Gasteiger partial charge in [-0.15, -0.1) is 0 Å². The zero-order chi connectivity index (χ0) is 21.5. The summed E-state index contributed by atoms with van der Waals surface area (Å²) in [6.07, 6.45) is 4.82. The van der Waals surface area contributed by atoms with Gasteiger partial charge in [0.1, 0.15) is 17.5 Å². The van der Waals surface area contributed by atoms with E-state index in [1.165, 1.54) is 6.07 Å². The van der Waals surface area contributed by atoms with E-state index in [-0.39, 0.29) is 30.3 Å². The van der Waals surface area contributed by atoms with E-state index in [4.69, 9.17) is 4.74 Å². The van der Waals surface area contributed by atoms with Crippen LogP contribution in [0.5, 0.6) is 5.88 Å². The van der Waals surface area contributed by atoms with Crippen LogP contribution in [0.25, 0.3) is 11.3 Å². The summed E-state index contributed by atoms with van der Waals surface area (Å²) in [6, 6.07) is 8.56. The lowest BCUT2D eigenvalue weighted by Crippen LogP contribution is -2.28. The second kappa shape index (κ2) is 7.77. The zero-order valence-corrected chi connectivity index (χ0v) is 17.2. The minimum absolute atomic E-state index is 0.146. The van der Waals surface area contributed by atoms with Crippen LogP contribution in [0, 0.1) is 5.82 Å². The quantitative estimate of drug-likeness (QED) is 0.684. The molecule has 3 heterocycles. The van der Waals surface area contributed by atoms with Gasteiger partial charge in [-0.25, -0.2) is 9.37 Å². The molecule has 1 aromatic carbocycles. The van der Waals surface area contributed by atoms with E-state index in [0.717, 1.165) is 18.4 Å². The van der Waals surface area contributed by atoms with E-state index in [1.54, 1.807) is 34.1 Å². The molecule has 1 amide bonds. The third-order valence-corrected chi connectivity index (χ3v) is 5.97. The average molecular weight is 422 g/mol. The van der Waals surface area contributed by atoms with Crippen LogP contribution in [0.4, 0.5) is 4.39 Å². The van der Waals surface area contributed by atoms with Gasteiger partial charge < -0.3 is 14.7 Å². The molecule has 1 saturated carbocycles. The summed E-state index contributed by atoms with van der Waals surface area (Å²) in [5, 5.41) is 14.4. The van der Waals surface area contributed by atoms with E-state index < -0.39 is 6.10 Å². The molecule has 31 heavy (non-hydrogen) atoms. The van der Waals surface area contributed by atoms with Gasteiger partial charge in [-0.3, -0.25) is 9.48 Å². The molecule has 160 valence electrons. The predicted octanol–water partition coefficient (Wildman–Crippen LogP) is 3.07. The fourth-order valence-corrected chi connectivity index (χ4v) is 4.29. The second-order valence-electron chi connectivity index (χ2n) is 8.15. The Labute approximate surface area is 179 Å². The summed E-state index contributed by atoms with van der Waals surface area (Å²) < 4.78 is 22.4. The van der Waals surface area contributed by atoms with Crippen LogP contribution in [-0.4, -0.2) is 42.9 Å². The molecule has 8 heteroatoms. The van der Waals surface area contributed by atoms with Gasteiger partial charge in [0.15, 0.2) is 0 Å². The van der Waals surface area contributed by atoms with Gasteiger partial charge in [0.05, 0.1) is 11.8 Å². The molecule has 2 atom stereocenters. The Hall–Kier alpha value is -3.26. The third-order valence-electron chi connectivity index (χ3n) is 5.97. The van der Waals surface area contributed by atoms with Crippen LogP contribution in [-0.2, 0) is 20.1 Å². The van der Waals surface area contributed by atoms with E-state index >= 15 is 0 Å². The highest BCUT2D eigenvalue weighted by Crippen LogP contribution is 2.33. The Kier molecular flexibility index (Phi) is 4.94. The lowest BCUT2D eigenvalue weighted by atomic mass is 10.1. The second-order valence-corrected chi connectivity index (χ2v) is 8.15. The standard InChI is InChI=1S/C23H23FN4O3/c1-27-10-8-18(26-27)14-5-6-15(17(24)11-14)12-28-13-16-7-9-25-22(21(16)23(28)30)31-20-4-2-3-19(20)29/h5-11,19-20,29H,2-4,12-13H2,1H3/t19-,20-/m1/s1. The van der Waals surface area contributed by atoms with Gasteiger partial charge in [0, 0.05) is 43.7 Å². The third kappa shape index (κ3) is 3.67. The van der Waals surface area contributed by atoms with Crippen molar-refractivity contribution in [1.29, 1.82) is 0 Å². The molecule has 0 bridgehead atoms. The summed E-state index contributed by atoms with van der Waals surface area (Å²) in [7, 11) is 1.81. The fourth-order valence-electron chi connectivity index (χ4n) is 4.29. The van der Waals surface area contributed by atoms with Crippen LogP contribution in [0.15, 0.2) is 42.7 Å². The number of carbonyl (C=O) groups excluding carboxylic acids is 1. The number of hydrogen-bond donors (Lipinski definition) is 1. The molecule has 2 aliphatic rings. The van der Waals surface area contributed by atoms with E-state index in [2.05, 4.69) is 10.1 Å². The fraction of sp³-hybridized carbons (Fsp3) is 0.348. The highest BCUT2D eigenvalue weighted by atomic mass is 19.1. The lowest BCUT2D eigenvalue weighted by Gasteiger charge is -2.18. The average Bonchev–Trinajstić information content (AvgIpc) is 3.44. The highest BCUT2D eigenvalue weighted by molar-refractivity contribution is 6.00. The van der Waals surface area contributed by atoms with E-state index in [0.29, 0.717) is 35.3 Å². The Bertz CT molecular complexity index is 1150.